The number of nitrogens with zero attached hydrogens (tertiary/aromatic N) is 2. The highest BCUT2D eigenvalue weighted by atomic mass is 15.3. The Morgan fingerprint density at radius 1 is 1.54 bits per heavy atom. The molecule has 0 bridgehead atoms. The van der Waals surface area contributed by atoms with E-state index in [2.05, 4.69) is 20.5 Å². The van der Waals surface area contributed by atoms with Crippen molar-refractivity contribution in [3.05, 3.63) is 5.82 Å². The fourth-order valence-corrected chi connectivity index (χ4v) is 1.74. The maximum absolute atomic E-state index is 5.39. The molecule has 1 aliphatic rings. The van der Waals surface area contributed by atoms with Gasteiger partial charge in [-0.05, 0) is 25.8 Å². The van der Waals surface area contributed by atoms with Crippen LogP contribution in [0.5, 0.6) is 0 Å². The number of aromatic amines is 1. The summed E-state index contributed by atoms with van der Waals surface area (Å²) in [5.74, 6) is 1.24. The van der Waals surface area contributed by atoms with E-state index in [1.54, 1.807) is 0 Å². The van der Waals surface area contributed by atoms with Gasteiger partial charge in [-0.25, -0.2) is 0 Å². The minimum Gasteiger partial charge on any atom is -0.367 e. The summed E-state index contributed by atoms with van der Waals surface area (Å²) in [6.45, 7) is 1.16. The van der Waals surface area contributed by atoms with Gasteiger partial charge in [-0.2, -0.15) is 4.98 Å². The van der Waals surface area contributed by atoms with Gasteiger partial charge in [0, 0.05) is 12.5 Å². The molecule has 1 fully saturated rings. The van der Waals surface area contributed by atoms with Gasteiger partial charge in [0.2, 0.25) is 5.95 Å². The van der Waals surface area contributed by atoms with Gasteiger partial charge in [-0.15, -0.1) is 5.10 Å². The number of anilines is 1. The summed E-state index contributed by atoms with van der Waals surface area (Å²) < 4.78 is 0. The summed E-state index contributed by atoms with van der Waals surface area (Å²) in [5, 5.41) is 10.0. The van der Waals surface area contributed by atoms with Gasteiger partial charge >= 0.3 is 0 Å². The van der Waals surface area contributed by atoms with Crippen LogP contribution in [0.4, 0.5) is 5.95 Å². The molecule has 72 valence electrons. The van der Waals surface area contributed by atoms with E-state index in [0.717, 1.165) is 25.2 Å². The number of nitrogens with one attached hydrogen (secondary N) is 2. The summed E-state index contributed by atoms with van der Waals surface area (Å²) in [4.78, 5) is 4.05. The van der Waals surface area contributed by atoms with Crippen molar-refractivity contribution >= 4 is 5.95 Å². The number of hydrogen-bond donors (Lipinski definition) is 3. The number of hydrogen-bond acceptors (Lipinski definition) is 4. The van der Waals surface area contributed by atoms with Crippen molar-refractivity contribution in [2.24, 2.45) is 0 Å². The van der Waals surface area contributed by atoms with E-state index in [0.29, 0.717) is 12.0 Å². The van der Waals surface area contributed by atoms with Crippen LogP contribution >= 0.6 is 0 Å². The van der Waals surface area contributed by atoms with Crippen molar-refractivity contribution < 1.29 is 0 Å². The third-order valence-corrected chi connectivity index (χ3v) is 2.44. The molecule has 1 aromatic rings. The van der Waals surface area contributed by atoms with E-state index >= 15 is 0 Å². The number of nitrogen functional groups attached to an aromatic ring is 1. The minimum atomic E-state index is 0.342. The number of nitrogens with two attached hydrogens (primary N) is 1. The summed E-state index contributed by atoms with van der Waals surface area (Å²) in [7, 11) is 0. The molecule has 2 rings (SSSR count). The van der Waals surface area contributed by atoms with Crippen LogP contribution in [-0.2, 0) is 6.42 Å². The minimum absolute atomic E-state index is 0.342. The molecule has 1 unspecified atom stereocenters. The lowest BCUT2D eigenvalue weighted by Crippen LogP contribution is -2.21. The van der Waals surface area contributed by atoms with Crippen LogP contribution in [0.25, 0.3) is 0 Å². The second-order valence-corrected chi connectivity index (χ2v) is 3.47. The van der Waals surface area contributed by atoms with Crippen LogP contribution in [0, 0.1) is 0 Å². The Hall–Kier alpha value is -1.10. The maximum Gasteiger partial charge on any atom is 0.239 e. The first kappa shape index (κ1) is 8.50. The van der Waals surface area contributed by atoms with Crippen LogP contribution in [0.15, 0.2) is 0 Å². The highest BCUT2D eigenvalue weighted by molar-refractivity contribution is 5.12. The molecule has 1 aromatic heterocycles. The van der Waals surface area contributed by atoms with E-state index in [4.69, 9.17) is 5.73 Å². The van der Waals surface area contributed by atoms with Gasteiger partial charge in [0.05, 0.1) is 0 Å². The zero-order valence-electron chi connectivity index (χ0n) is 7.58. The van der Waals surface area contributed by atoms with Crippen molar-refractivity contribution in [1.29, 1.82) is 0 Å². The zero-order chi connectivity index (χ0) is 9.10. The van der Waals surface area contributed by atoms with Crippen molar-refractivity contribution in [2.45, 2.75) is 31.7 Å². The largest absolute Gasteiger partial charge is 0.367 e. The zero-order valence-corrected chi connectivity index (χ0v) is 7.58. The highest BCUT2D eigenvalue weighted by Gasteiger charge is 2.14. The summed E-state index contributed by atoms with van der Waals surface area (Å²) in [5.41, 5.74) is 5.39. The van der Waals surface area contributed by atoms with E-state index in [-0.39, 0.29) is 0 Å². The molecule has 1 saturated heterocycles. The van der Waals surface area contributed by atoms with Gasteiger partial charge in [0.1, 0.15) is 5.82 Å². The van der Waals surface area contributed by atoms with Crippen molar-refractivity contribution in [3.63, 3.8) is 0 Å². The number of H-pyrrole nitrogens is 1. The monoisotopic (exact) mass is 181 g/mol. The number of aryl methyl sites for hydroxylation is 1. The average Bonchev–Trinajstić information content (AvgIpc) is 2.71. The molecular weight excluding hydrogens is 166 g/mol. The molecule has 5 nitrogen and oxygen atoms in total. The van der Waals surface area contributed by atoms with Crippen LogP contribution in [0.1, 0.15) is 25.1 Å². The quantitative estimate of drug-likeness (QED) is 0.616. The van der Waals surface area contributed by atoms with Crippen molar-refractivity contribution in [1.82, 2.24) is 20.5 Å². The molecule has 1 aliphatic heterocycles. The number of rotatable bonds is 3. The molecule has 0 radical (unpaired) electrons. The smallest absolute Gasteiger partial charge is 0.239 e. The Labute approximate surface area is 77.1 Å². The van der Waals surface area contributed by atoms with Crippen LogP contribution in [-0.4, -0.2) is 27.8 Å². The molecule has 0 saturated carbocycles. The van der Waals surface area contributed by atoms with Gasteiger partial charge in [-0.1, -0.05) is 0 Å². The van der Waals surface area contributed by atoms with Gasteiger partial charge in [0.25, 0.3) is 0 Å². The van der Waals surface area contributed by atoms with E-state index < -0.39 is 0 Å². The van der Waals surface area contributed by atoms with Crippen LogP contribution < -0.4 is 11.1 Å². The average molecular weight is 181 g/mol. The fourth-order valence-electron chi connectivity index (χ4n) is 1.74. The third-order valence-electron chi connectivity index (χ3n) is 2.44. The molecule has 2 heterocycles. The molecule has 13 heavy (non-hydrogen) atoms. The second kappa shape index (κ2) is 3.74. The fraction of sp³-hybridized carbons (Fsp3) is 0.750. The summed E-state index contributed by atoms with van der Waals surface area (Å²) in [6.07, 6.45) is 4.63. The molecule has 0 spiro atoms. The van der Waals surface area contributed by atoms with Gasteiger partial charge in [-0.3, -0.25) is 5.10 Å². The maximum atomic E-state index is 5.39. The Bertz CT molecular complexity index is 263. The van der Waals surface area contributed by atoms with Crippen molar-refractivity contribution in [3.8, 4) is 0 Å². The van der Waals surface area contributed by atoms with Crippen LogP contribution in [0.2, 0.25) is 0 Å². The predicted molar refractivity (Wildman–Crippen MR) is 50.1 cm³/mol. The topological polar surface area (TPSA) is 79.6 Å². The Morgan fingerprint density at radius 3 is 3.08 bits per heavy atom. The Balaban J connectivity index is 1.78. The van der Waals surface area contributed by atoms with E-state index in [1.165, 1.54) is 12.8 Å². The van der Waals surface area contributed by atoms with E-state index in [9.17, 15) is 0 Å². The first-order chi connectivity index (χ1) is 6.34. The van der Waals surface area contributed by atoms with Crippen LogP contribution in [0.3, 0.4) is 0 Å². The van der Waals surface area contributed by atoms with Gasteiger partial charge < -0.3 is 11.1 Å². The lowest BCUT2D eigenvalue weighted by molar-refractivity contribution is 0.551. The summed E-state index contributed by atoms with van der Waals surface area (Å²) in [6, 6.07) is 0.659. The molecule has 0 amide bonds. The molecule has 0 aliphatic carbocycles. The third kappa shape index (κ3) is 2.18. The lowest BCUT2D eigenvalue weighted by Gasteiger charge is -2.07. The van der Waals surface area contributed by atoms with E-state index in [1.807, 2.05) is 0 Å². The molecule has 0 aromatic carbocycles. The Morgan fingerprint density at radius 2 is 2.46 bits per heavy atom. The standard InChI is InChI=1S/C8H15N5/c9-8-11-7(12-13-8)4-3-6-2-1-5-10-6/h6,10H,1-5H2,(H3,9,11,12,13). The summed E-state index contributed by atoms with van der Waals surface area (Å²) >= 11 is 0. The second-order valence-electron chi connectivity index (χ2n) is 3.47. The SMILES string of the molecule is Nc1n[nH]c(CCC2CCCN2)n1. The first-order valence-corrected chi connectivity index (χ1v) is 4.75. The molecular formula is C8H15N5. The Kier molecular flexibility index (Phi) is 2.44. The highest BCUT2D eigenvalue weighted by Crippen LogP contribution is 2.10. The first-order valence-electron chi connectivity index (χ1n) is 4.75. The normalized spacial score (nSPS) is 22.3. The van der Waals surface area contributed by atoms with Gasteiger partial charge in [0.15, 0.2) is 0 Å². The molecule has 4 N–H and O–H groups in total. The molecule has 1 atom stereocenters. The molecule has 5 heteroatoms. The van der Waals surface area contributed by atoms with Crippen molar-refractivity contribution in [2.75, 3.05) is 12.3 Å². The predicted octanol–water partition coefficient (Wildman–Crippen LogP) is 0.0715. The number of aromatic nitrogens is 3. The lowest BCUT2D eigenvalue weighted by atomic mass is 10.1.